The van der Waals surface area contributed by atoms with Crippen molar-refractivity contribution in [2.75, 3.05) is 0 Å². The van der Waals surface area contributed by atoms with Crippen LogP contribution in [0.1, 0.15) is 0 Å². The lowest BCUT2D eigenvalue weighted by atomic mass is 10.0. The topological polar surface area (TPSA) is 56.7 Å². The maximum absolute atomic E-state index is 6.20. The van der Waals surface area contributed by atoms with Crippen molar-refractivity contribution in [1.29, 1.82) is 0 Å². The lowest BCUT2D eigenvalue weighted by Gasteiger charge is -2.12. The molecular weight excluding hydrogens is 717 g/mol. The molecule has 4 heterocycles. The first-order valence-corrected chi connectivity index (χ1v) is 19.8. The van der Waals surface area contributed by atoms with Crippen molar-refractivity contribution in [3.63, 3.8) is 0 Å². The SMILES string of the molecule is c1ccc(-c2ccc3c4ccccc4n(-c4cccc(-c5nc(-c6ccc7oc8ccccc8c7c6)nc(-c6cccc7sc8ccccc8c67)n5)c4)c3c2)cc1. The van der Waals surface area contributed by atoms with Crippen LogP contribution in [0.3, 0.4) is 0 Å². The molecule has 0 aliphatic heterocycles. The van der Waals surface area contributed by atoms with Crippen molar-refractivity contribution in [3.8, 4) is 51.0 Å². The maximum Gasteiger partial charge on any atom is 0.164 e. The fraction of sp³-hybridized carbons (Fsp3) is 0. The molecule has 266 valence electrons. The van der Waals surface area contributed by atoms with E-state index in [2.05, 4.69) is 156 Å². The van der Waals surface area contributed by atoms with Gasteiger partial charge < -0.3 is 8.98 Å². The van der Waals surface area contributed by atoms with Gasteiger partial charge in [-0.2, -0.15) is 0 Å². The van der Waals surface area contributed by atoms with Crippen LogP contribution < -0.4 is 0 Å². The van der Waals surface area contributed by atoms with Crippen molar-refractivity contribution in [1.82, 2.24) is 19.5 Å². The number of hydrogen-bond acceptors (Lipinski definition) is 5. The van der Waals surface area contributed by atoms with Crippen LogP contribution in [0.25, 0.3) is 115 Å². The first kappa shape index (κ1) is 31.9. The number of thiophene rings is 1. The van der Waals surface area contributed by atoms with Gasteiger partial charge in [-0.05, 0) is 71.8 Å². The predicted octanol–water partition coefficient (Wildman–Crippen LogP) is 13.9. The molecular formula is C51H30N4OS. The number of fused-ring (bicyclic) bond motifs is 9. The molecule has 12 rings (SSSR count). The van der Waals surface area contributed by atoms with Gasteiger partial charge in [0.25, 0.3) is 0 Å². The first-order chi connectivity index (χ1) is 28.2. The van der Waals surface area contributed by atoms with Gasteiger partial charge in [0.1, 0.15) is 11.2 Å². The van der Waals surface area contributed by atoms with Gasteiger partial charge in [0.15, 0.2) is 17.5 Å². The molecule has 6 heteroatoms. The molecule has 0 saturated heterocycles. The number of aromatic nitrogens is 4. The zero-order valence-corrected chi connectivity index (χ0v) is 31.2. The Morgan fingerprint density at radius 2 is 1.04 bits per heavy atom. The van der Waals surface area contributed by atoms with E-state index in [1.54, 1.807) is 11.3 Å². The van der Waals surface area contributed by atoms with Crippen LogP contribution >= 0.6 is 11.3 Å². The van der Waals surface area contributed by atoms with E-state index in [-0.39, 0.29) is 0 Å². The van der Waals surface area contributed by atoms with Gasteiger partial charge in [-0.15, -0.1) is 11.3 Å². The normalized spacial score (nSPS) is 11.9. The van der Waals surface area contributed by atoms with Crippen LogP contribution in [0, 0.1) is 0 Å². The second kappa shape index (κ2) is 12.6. The lowest BCUT2D eigenvalue weighted by molar-refractivity contribution is 0.669. The van der Waals surface area contributed by atoms with Crippen molar-refractivity contribution < 1.29 is 4.42 Å². The molecule has 0 radical (unpaired) electrons. The Hall–Kier alpha value is -7.41. The second-order valence-electron chi connectivity index (χ2n) is 14.4. The van der Waals surface area contributed by atoms with E-state index in [1.165, 1.54) is 36.7 Å². The Morgan fingerprint density at radius 1 is 0.386 bits per heavy atom. The van der Waals surface area contributed by atoms with Crippen molar-refractivity contribution in [2.24, 2.45) is 0 Å². The van der Waals surface area contributed by atoms with E-state index in [1.807, 2.05) is 30.3 Å². The van der Waals surface area contributed by atoms with Gasteiger partial charge in [-0.3, -0.25) is 0 Å². The summed E-state index contributed by atoms with van der Waals surface area (Å²) in [7, 11) is 0. The minimum Gasteiger partial charge on any atom is -0.456 e. The van der Waals surface area contributed by atoms with Crippen LogP contribution in [0.5, 0.6) is 0 Å². The molecule has 12 aromatic rings. The molecule has 0 N–H and O–H groups in total. The summed E-state index contributed by atoms with van der Waals surface area (Å²) in [6.45, 7) is 0. The van der Waals surface area contributed by atoms with Crippen molar-refractivity contribution in [2.45, 2.75) is 0 Å². The largest absolute Gasteiger partial charge is 0.456 e. The van der Waals surface area contributed by atoms with E-state index in [0.717, 1.165) is 60.7 Å². The van der Waals surface area contributed by atoms with Gasteiger partial charge in [-0.1, -0.05) is 121 Å². The Balaban J connectivity index is 1.09. The third-order valence-corrected chi connectivity index (χ3v) is 12.2. The molecule has 0 amide bonds. The molecule has 0 bridgehead atoms. The Morgan fingerprint density at radius 3 is 1.93 bits per heavy atom. The summed E-state index contributed by atoms with van der Waals surface area (Å²) in [6, 6.07) is 63.9. The molecule has 0 aliphatic rings. The molecule has 8 aromatic carbocycles. The summed E-state index contributed by atoms with van der Waals surface area (Å²) in [5.74, 6) is 1.85. The Kier molecular flexibility index (Phi) is 7.03. The van der Waals surface area contributed by atoms with E-state index in [4.69, 9.17) is 19.4 Å². The smallest absolute Gasteiger partial charge is 0.164 e. The molecule has 0 fully saturated rings. The number of benzene rings is 8. The van der Waals surface area contributed by atoms with Gasteiger partial charge in [0, 0.05) is 64.1 Å². The monoisotopic (exact) mass is 746 g/mol. The van der Waals surface area contributed by atoms with Crippen LogP contribution in [-0.4, -0.2) is 19.5 Å². The molecule has 5 nitrogen and oxygen atoms in total. The van der Waals surface area contributed by atoms with E-state index >= 15 is 0 Å². The van der Waals surface area contributed by atoms with E-state index in [0.29, 0.717) is 17.5 Å². The summed E-state index contributed by atoms with van der Waals surface area (Å²) in [5, 5.41) is 6.87. The number of hydrogen-bond donors (Lipinski definition) is 0. The first-order valence-electron chi connectivity index (χ1n) is 19.0. The highest BCUT2D eigenvalue weighted by Crippen LogP contribution is 2.41. The summed E-state index contributed by atoms with van der Waals surface area (Å²) in [6.07, 6.45) is 0. The number of nitrogens with zero attached hydrogens (tertiary/aromatic N) is 4. The van der Waals surface area contributed by atoms with Gasteiger partial charge >= 0.3 is 0 Å². The minimum absolute atomic E-state index is 0.605. The predicted molar refractivity (Wildman–Crippen MR) is 236 cm³/mol. The van der Waals surface area contributed by atoms with E-state index in [9.17, 15) is 0 Å². The highest BCUT2D eigenvalue weighted by molar-refractivity contribution is 7.25. The quantitative estimate of drug-likeness (QED) is 0.176. The highest BCUT2D eigenvalue weighted by atomic mass is 32.1. The van der Waals surface area contributed by atoms with Crippen LogP contribution in [0.15, 0.2) is 186 Å². The average Bonchev–Trinajstić information content (AvgIpc) is 3.96. The molecule has 57 heavy (non-hydrogen) atoms. The molecule has 0 spiro atoms. The fourth-order valence-corrected chi connectivity index (χ4v) is 9.56. The van der Waals surface area contributed by atoms with Crippen molar-refractivity contribution >= 4 is 75.3 Å². The Bertz CT molecular complexity index is 3540. The summed E-state index contributed by atoms with van der Waals surface area (Å²) in [4.78, 5) is 15.8. The van der Waals surface area contributed by atoms with Gasteiger partial charge in [0.2, 0.25) is 0 Å². The average molecular weight is 747 g/mol. The maximum atomic E-state index is 6.20. The van der Waals surface area contributed by atoms with Gasteiger partial charge in [0.05, 0.1) is 11.0 Å². The Labute approximate surface area is 330 Å². The number of rotatable bonds is 5. The third kappa shape index (κ3) is 5.12. The highest BCUT2D eigenvalue weighted by Gasteiger charge is 2.19. The summed E-state index contributed by atoms with van der Waals surface area (Å²) < 4.78 is 11.0. The van der Waals surface area contributed by atoms with Crippen LogP contribution in [0.2, 0.25) is 0 Å². The molecule has 0 saturated carbocycles. The van der Waals surface area contributed by atoms with E-state index < -0.39 is 0 Å². The zero-order chi connectivity index (χ0) is 37.5. The molecule has 0 atom stereocenters. The minimum atomic E-state index is 0.605. The lowest BCUT2D eigenvalue weighted by Crippen LogP contribution is -2.01. The second-order valence-corrected chi connectivity index (χ2v) is 15.5. The number of para-hydroxylation sites is 2. The van der Waals surface area contributed by atoms with Crippen LogP contribution in [-0.2, 0) is 0 Å². The summed E-state index contributed by atoms with van der Waals surface area (Å²) >= 11 is 1.79. The summed E-state index contributed by atoms with van der Waals surface area (Å²) in [5.41, 5.74) is 10.1. The molecule has 0 aliphatic carbocycles. The molecule has 0 unspecified atom stereocenters. The number of furan rings is 1. The third-order valence-electron chi connectivity index (χ3n) is 11.1. The molecule has 4 aromatic heterocycles. The standard InChI is InChI=1S/C51H30N4OS/c1-2-12-31(13-3-1)32-24-26-37-36-16-4-7-20-42(36)55(43(37)30-32)35-15-10-14-33(28-35)49-52-50(34-25-27-45-41(29-34)38-17-5-8-21-44(38)56-45)54-51(53-49)40-19-11-23-47-48(40)39-18-6-9-22-46(39)57-47/h1-30H. The van der Waals surface area contributed by atoms with Crippen LogP contribution in [0.4, 0.5) is 0 Å². The van der Waals surface area contributed by atoms with Crippen molar-refractivity contribution in [3.05, 3.63) is 182 Å². The zero-order valence-electron chi connectivity index (χ0n) is 30.4. The fourth-order valence-electron chi connectivity index (χ4n) is 8.42. The van der Waals surface area contributed by atoms with Gasteiger partial charge in [-0.25, -0.2) is 15.0 Å².